The molecule has 0 radical (unpaired) electrons. The summed E-state index contributed by atoms with van der Waals surface area (Å²) in [5.74, 6) is 5.05. The van der Waals surface area contributed by atoms with E-state index in [1.165, 1.54) is 85.2 Å². The van der Waals surface area contributed by atoms with Gasteiger partial charge in [0.1, 0.15) is 34.9 Å². The maximum absolute atomic E-state index is 5.36. The van der Waals surface area contributed by atoms with E-state index in [1.54, 1.807) is 22.7 Å². The predicted octanol–water partition coefficient (Wildman–Crippen LogP) is 31.2. The van der Waals surface area contributed by atoms with E-state index in [-0.39, 0.29) is 0 Å². The van der Waals surface area contributed by atoms with Gasteiger partial charge in [0.15, 0.2) is 0 Å². The average molecular weight is 1810 g/mol. The van der Waals surface area contributed by atoms with E-state index < -0.39 is 0 Å². The van der Waals surface area contributed by atoms with Crippen LogP contribution in [0.2, 0.25) is 0 Å². The lowest BCUT2D eigenvalue weighted by Gasteiger charge is -2.14. The molecule has 0 aliphatic heterocycles. The van der Waals surface area contributed by atoms with Crippen molar-refractivity contribution in [3.63, 3.8) is 0 Å². The first-order valence-electron chi connectivity index (χ1n) is 45.5. The molecule has 14 aromatic heterocycles. The third-order valence-electron chi connectivity index (χ3n) is 25.9. The zero-order valence-electron chi connectivity index (χ0n) is 73.4. The van der Waals surface area contributed by atoms with Crippen molar-refractivity contribution in [2.45, 2.75) is 0 Å². The highest BCUT2D eigenvalue weighted by Crippen LogP contribution is 2.48. The zero-order chi connectivity index (χ0) is 90.4. The first-order chi connectivity index (χ1) is 68.0. The molecule has 0 atom stereocenters. The van der Waals surface area contributed by atoms with E-state index in [1.807, 2.05) is 140 Å². The van der Waals surface area contributed by atoms with Gasteiger partial charge in [-0.25, -0.2) is 29.9 Å². The Bertz CT molecular complexity index is 9320. The molecule has 0 saturated heterocycles. The number of imidazole rings is 3. The summed E-state index contributed by atoms with van der Waals surface area (Å²) in [6, 6.07) is 144. The Kier molecular flexibility index (Phi) is 19.8. The molecule has 137 heavy (non-hydrogen) atoms. The van der Waals surface area contributed by atoms with Crippen molar-refractivity contribution in [3.05, 3.63) is 461 Å². The van der Waals surface area contributed by atoms with Crippen LogP contribution in [0.15, 0.2) is 461 Å². The topological polar surface area (TPSA) is 133 Å². The van der Waals surface area contributed by atoms with Crippen LogP contribution >= 0.6 is 34.0 Å². The molecule has 17 heteroatoms. The maximum Gasteiger partial charge on any atom is 0.147 e. The molecule has 0 fully saturated rings. The second-order valence-electron chi connectivity index (χ2n) is 33.8. The fourth-order valence-electron chi connectivity index (χ4n) is 20.0. The predicted molar refractivity (Wildman–Crippen MR) is 567 cm³/mol. The molecule has 0 aliphatic rings. The quantitative estimate of drug-likeness (QED) is 0.105. The Morgan fingerprint density at radius 1 is 0.204 bits per heavy atom. The van der Waals surface area contributed by atoms with Crippen LogP contribution in [0, 0.1) is 0 Å². The van der Waals surface area contributed by atoms with Crippen LogP contribution in [0.3, 0.4) is 0 Å². The first kappa shape index (κ1) is 80.1. The lowest BCUT2D eigenvalue weighted by atomic mass is 9.98. The standard InChI is InChI=1S/C42H26N4S.C41H27N5.C37H23N5S2/c1-2-11-28(12-3-1)42-44-40-36(46(42)38-19-8-9-26-43-38)25-24-35-39(40)33-14-4-6-17-34(33)45(35)29-22-20-27(21-23-29)30-15-10-16-32-31-13-5-7-18-37(31)47-41(30)32;1-3-11-28(12-4-1)31-25-32(29-13-5-2-6-14-29)27-33(26-31)45-35-16-8-7-15-34(35)39-36(45)18-19-37-40(39)44-41(30-20-23-42-24-21-30)46(37)38-17-9-10-22-43-38;1-2-8-29-28(7-1)35-30(41(29)27-22-25(32-9-5-19-43-32)21-26(23-27)33-10-6-20-44-33)12-13-31-36(35)40-37(24-14-17-38-18-15-24)42(31)34-11-3-4-16-39-34/h1-26H;1-27H;1-23H. The number of benzene rings is 14. The Hall–Kier alpha value is -17.7. The number of pyridine rings is 5. The van der Waals surface area contributed by atoms with Crippen LogP contribution in [0.4, 0.5) is 0 Å². The first-order valence-corrected chi connectivity index (χ1v) is 48.0. The molecule has 28 rings (SSSR count). The highest BCUT2D eigenvalue weighted by Gasteiger charge is 2.28. The highest BCUT2D eigenvalue weighted by molar-refractivity contribution is 7.26. The molecule has 14 heterocycles. The van der Waals surface area contributed by atoms with E-state index in [4.69, 9.17) is 29.9 Å². The highest BCUT2D eigenvalue weighted by atomic mass is 32.1. The van der Waals surface area contributed by atoms with Gasteiger partial charge in [0.2, 0.25) is 0 Å². The minimum Gasteiger partial charge on any atom is -0.309 e. The maximum atomic E-state index is 5.36. The summed E-state index contributed by atoms with van der Waals surface area (Å²) in [6.45, 7) is 0. The lowest BCUT2D eigenvalue weighted by molar-refractivity contribution is 1.03. The van der Waals surface area contributed by atoms with Gasteiger partial charge in [-0.2, -0.15) is 0 Å². The Labute approximate surface area is 797 Å². The van der Waals surface area contributed by atoms with Gasteiger partial charge >= 0.3 is 0 Å². The number of fused-ring (bicyclic) bond motifs is 18. The number of aromatic nitrogens is 14. The van der Waals surface area contributed by atoms with Crippen LogP contribution in [-0.4, -0.2) is 67.3 Å². The van der Waals surface area contributed by atoms with E-state index in [0.29, 0.717) is 0 Å². The van der Waals surface area contributed by atoms with Crippen molar-refractivity contribution < 1.29 is 0 Å². The summed E-state index contributed by atoms with van der Waals surface area (Å²) in [5.41, 5.74) is 28.7. The van der Waals surface area contributed by atoms with Crippen LogP contribution < -0.4 is 0 Å². The van der Waals surface area contributed by atoms with Crippen molar-refractivity contribution in [1.29, 1.82) is 0 Å². The van der Waals surface area contributed by atoms with Gasteiger partial charge in [-0.15, -0.1) is 34.0 Å². The SMILES string of the molecule is c1ccc(-c2cc(-c3ccccc3)cc(-n3c4ccccc4c4c5nc(-c6ccncc6)n(-c6ccccn6)c5ccc43)c2)cc1.c1ccc(-c2nc3c4c5ccccc5n(-c5ccc(-c6cccc7c6sc6ccccc67)cc5)c4ccc3n2-c2ccccn2)cc1.c1ccc(-n2c(-c3ccncc3)nc3c4c5ccccc5n(-c5cc(-c6cccs6)cc(-c6cccs6)c5)c4ccc32)nc1. The number of rotatable bonds is 14. The van der Waals surface area contributed by atoms with E-state index in [9.17, 15) is 0 Å². The molecular formula is C120H76N14S3. The van der Waals surface area contributed by atoms with Crippen LogP contribution in [0.1, 0.15) is 0 Å². The number of hydrogen-bond acceptors (Lipinski definition) is 11. The van der Waals surface area contributed by atoms with Crippen molar-refractivity contribution in [2.75, 3.05) is 0 Å². The van der Waals surface area contributed by atoms with Crippen molar-refractivity contribution in [3.8, 4) is 123 Å². The third-order valence-corrected chi connectivity index (χ3v) is 29.0. The Morgan fingerprint density at radius 2 is 0.562 bits per heavy atom. The molecule has 14 aromatic carbocycles. The molecular weight excluding hydrogens is 1730 g/mol. The molecule has 0 unspecified atom stereocenters. The normalized spacial score (nSPS) is 11.6. The van der Waals surface area contributed by atoms with Crippen LogP contribution in [0.25, 0.3) is 242 Å². The number of nitrogens with zero attached hydrogens (tertiary/aromatic N) is 14. The fraction of sp³-hybridized carbons (Fsp3) is 0. The summed E-state index contributed by atoms with van der Waals surface area (Å²) in [6.07, 6.45) is 12.7. The van der Waals surface area contributed by atoms with E-state index in [0.717, 1.165) is 156 Å². The average Bonchev–Trinajstić information content (AvgIpc) is 1.56. The van der Waals surface area contributed by atoms with Crippen molar-refractivity contribution >= 4 is 153 Å². The van der Waals surface area contributed by atoms with Crippen molar-refractivity contribution in [2.24, 2.45) is 0 Å². The second-order valence-corrected chi connectivity index (χ2v) is 36.8. The number of hydrogen-bond donors (Lipinski definition) is 0. The van der Waals surface area contributed by atoms with Gasteiger partial charge in [-0.3, -0.25) is 23.7 Å². The molecule has 0 amide bonds. The molecule has 14 nitrogen and oxygen atoms in total. The lowest BCUT2D eigenvalue weighted by Crippen LogP contribution is -1.99. The van der Waals surface area contributed by atoms with Crippen LogP contribution in [0.5, 0.6) is 0 Å². The molecule has 644 valence electrons. The number of thiophene rings is 3. The fourth-order valence-corrected chi connectivity index (χ4v) is 22.6. The van der Waals surface area contributed by atoms with Gasteiger partial charge in [-0.05, 0) is 237 Å². The largest absolute Gasteiger partial charge is 0.309 e. The summed E-state index contributed by atoms with van der Waals surface area (Å²) in [7, 11) is 0. The van der Waals surface area contributed by atoms with Gasteiger partial charge in [0.25, 0.3) is 0 Å². The van der Waals surface area contributed by atoms with E-state index in [2.05, 4.69) is 370 Å². The van der Waals surface area contributed by atoms with Gasteiger partial charge in [0, 0.05) is 139 Å². The molecule has 0 bridgehead atoms. The minimum atomic E-state index is 0.822. The smallest absolute Gasteiger partial charge is 0.147 e. The van der Waals surface area contributed by atoms with Crippen molar-refractivity contribution in [1.82, 2.24) is 67.3 Å². The second kappa shape index (κ2) is 33.8. The molecule has 28 aromatic rings. The van der Waals surface area contributed by atoms with Gasteiger partial charge in [-0.1, -0.05) is 224 Å². The summed E-state index contributed by atoms with van der Waals surface area (Å²) >= 11 is 5.41. The summed E-state index contributed by atoms with van der Waals surface area (Å²) in [4.78, 5) is 41.3. The monoisotopic (exact) mass is 1810 g/mol. The molecule has 0 spiro atoms. The zero-order valence-corrected chi connectivity index (χ0v) is 75.8. The third kappa shape index (κ3) is 13.9. The van der Waals surface area contributed by atoms with Crippen LogP contribution in [-0.2, 0) is 0 Å². The molecule has 0 N–H and O–H groups in total. The van der Waals surface area contributed by atoms with Gasteiger partial charge < -0.3 is 13.7 Å². The Morgan fingerprint density at radius 3 is 0.978 bits per heavy atom. The number of para-hydroxylation sites is 3. The van der Waals surface area contributed by atoms with Gasteiger partial charge in [0.05, 0.1) is 66.2 Å². The minimum absolute atomic E-state index is 0.822. The summed E-state index contributed by atoms with van der Waals surface area (Å²) < 4.78 is 16.3. The van der Waals surface area contributed by atoms with E-state index >= 15 is 0 Å². The summed E-state index contributed by atoms with van der Waals surface area (Å²) in [5, 5.41) is 13.8. The molecule has 0 aliphatic carbocycles. The Balaban J connectivity index is 0.000000106. The molecule has 0 saturated carbocycles.